The van der Waals surface area contributed by atoms with Crippen molar-refractivity contribution in [2.75, 3.05) is 7.05 Å². The predicted octanol–water partition coefficient (Wildman–Crippen LogP) is 3.96. The van der Waals surface area contributed by atoms with E-state index in [1.54, 1.807) is 0 Å². The Bertz CT molecular complexity index is 405. The van der Waals surface area contributed by atoms with Crippen LogP contribution in [0.2, 0.25) is 0 Å². The van der Waals surface area contributed by atoms with E-state index in [0.29, 0.717) is 6.04 Å². The van der Waals surface area contributed by atoms with Crippen molar-refractivity contribution in [2.45, 2.75) is 84.2 Å². The van der Waals surface area contributed by atoms with Gasteiger partial charge in [-0.2, -0.15) is 5.10 Å². The number of likely N-dealkylation sites (N-methyl/N-ethyl adjacent to an activating group) is 1. The van der Waals surface area contributed by atoms with Gasteiger partial charge in [0.15, 0.2) is 0 Å². The summed E-state index contributed by atoms with van der Waals surface area (Å²) in [6.07, 6.45) is 12.1. The van der Waals surface area contributed by atoms with Crippen molar-refractivity contribution in [3.8, 4) is 0 Å². The van der Waals surface area contributed by atoms with Crippen LogP contribution < -0.4 is 5.32 Å². The van der Waals surface area contributed by atoms with Crippen molar-refractivity contribution in [3.63, 3.8) is 0 Å². The quantitative estimate of drug-likeness (QED) is 0.786. The van der Waals surface area contributed by atoms with Gasteiger partial charge in [0.1, 0.15) is 0 Å². The number of nitrogens with zero attached hydrogens (tertiary/aromatic N) is 2. The molecule has 1 aromatic heterocycles. The third kappa shape index (κ3) is 4.84. The van der Waals surface area contributed by atoms with Crippen LogP contribution in [0.4, 0.5) is 0 Å². The molecule has 1 unspecified atom stereocenters. The molecule has 0 radical (unpaired) electrons. The van der Waals surface area contributed by atoms with Gasteiger partial charge >= 0.3 is 0 Å². The Hall–Kier alpha value is -0.830. The average Bonchev–Trinajstić information content (AvgIpc) is 2.94. The van der Waals surface area contributed by atoms with Crippen molar-refractivity contribution in [1.82, 2.24) is 15.1 Å². The summed E-state index contributed by atoms with van der Waals surface area (Å²) >= 11 is 0. The molecule has 0 spiro atoms. The van der Waals surface area contributed by atoms with E-state index in [-0.39, 0.29) is 0 Å². The lowest BCUT2D eigenvalue weighted by molar-refractivity contribution is 0.314. The molecule has 1 aliphatic carbocycles. The highest BCUT2D eigenvalue weighted by Crippen LogP contribution is 2.28. The Kier molecular flexibility index (Phi) is 6.75. The molecule has 3 heteroatoms. The molecule has 1 aromatic rings. The summed E-state index contributed by atoms with van der Waals surface area (Å²) in [5.41, 5.74) is 2.63. The van der Waals surface area contributed by atoms with E-state index < -0.39 is 0 Å². The molecule has 21 heavy (non-hydrogen) atoms. The highest BCUT2D eigenvalue weighted by Gasteiger charge is 2.17. The second-order valence-electron chi connectivity index (χ2n) is 6.57. The van der Waals surface area contributed by atoms with Crippen LogP contribution in [0.3, 0.4) is 0 Å². The molecule has 0 saturated heterocycles. The number of rotatable bonds is 8. The fourth-order valence-electron chi connectivity index (χ4n) is 3.64. The van der Waals surface area contributed by atoms with Crippen LogP contribution in [0.15, 0.2) is 6.07 Å². The first-order chi connectivity index (χ1) is 10.3. The van der Waals surface area contributed by atoms with Gasteiger partial charge < -0.3 is 5.32 Å². The third-order valence-corrected chi connectivity index (χ3v) is 5.09. The molecule has 0 bridgehead atoms. The SMILES string of the molecule is CCc1cc(CC(CCC2CCCCC2)NC)n(CC)n1. The minimum Gasteiger partial charge on any atom is -0.317 e. The summed E-state index contributed by atoms with van der Waals surface area (Å²) in [6, 6.07) is 2.90. The maximum Gasteiger partial charge on any atom is 0.0624 e. The second-order valence-corrected chi connectivity index (χ2v) is 6.57. The van der Waals surface area contributed by atoms with Gasteiger partial charge in [-0.1, -0.05) is 39.0 Å². The maximum absolute atomic E-state index is 4.67. The van der Waals surface area contributed by atoms with Crippen molar-refractivity contribution in [2.24, 2.45) is 5.92 Å². The molecule has 0 amide bonds. The highest BCUT2D eigenvalue weighted by molar-refractivity contribution is 5.12. The van der Waals surface area contributed by atoms with Crippen LogP contribution in [-0.2, 0) is 19.4 Å². The molecule has 3 nitrogen and oxygen atoms in total. The maximum atomic E-state index is 4.67. The Balaban J connectivity index is 1.87. The van der Waals surface area contributed by atoms with Gasteiger partial charge in [0.25, 0.3) is 0 Å². The molecule has 1 heterocycles. The summed E-state index contributed by atoms with van der Waals surface area (Å²) in [7, 11) is 2.11. The largest absolute Gasteiger partial charge is 0.317 e. The van der Waals surface area contributed by atoms with E-state index >= 15 is 0 Å². The zero-order chi connectivity index (χ0) is 15.1. The van der Waals surface area contributed by atoms with Crippen molar-refractivity contribution >= 4 is 0 Å². The summed E-state index contributed by atoms with van der Waals surface area (Å²) in [5, 5.41) is 8.20. The van der Waals surface area contributed by atoms with Gasteiger partial charge in [-0.25, -0.2) is 0 Å². The first kappa shape index (κ1) is 16.5. The van der Waals surface area contributed by atoms with E-state index in [2.05, 4.69) is 42.1 Å². The Labute approximate surface area is 130 Å². The monoisotopic (exact) mass is 291 g/mol. The van der Waals surface area contributed by atoms with Gasteiger partial charge in [-0.3, -0.25) is 4.68 Å². The first-order valence-corrected chi connectivity index (χ1v) is 8.99. The molecule has 1 N–H and O–H groups in total. The number of hydrogen-bond donors (Lipinski definition) is 1. The minimum absolute atomic E-state index is 0.596. The number of nitrogens with one attached hydrogen (secondary N) is 1. The fourth-order valence-corrected chi connectivity index (χ4v) is 3.64. The van der Waals surface area contributed by atoms with E-state index in [4.69, 9.17) is 0 Å². The lowest BCUT2D eigenvalue weighted by atomic mass is 9.85. The Morgan fingerprint density at radius 3 is 2.67 bits per heavy atom. The van der Waals surface area contributed by atoms with E-state index in [1.807, 2.05) is 0 Å². The number of hydrogen-bond acceptors (Lipinski definition) is 2. The highest BCUT2D eigenvalue weighted by atomic mass is 15.3. The third-order valence-electron chi connectivity index (χ3n) is 5.09. The molecule has 2 rings (SSSR count). The van der Waals surface area contributed by atoms with Gasteiger partial charge in [0, 0.05) is 24.7 Å². The molecule has 1 fully saturated rings. The summed E-state index contributed by atoms with van der Waals surface area (Å²) in [4.78, 5) is 0. The van der Waals surface area contributed by atoms with Crippen LogP contribution in [0.25, 0.3) is 0 Å². The summed E-state index contributed by atoms with van der Waals surface area (Å²) in [5.74, 6) is 0.983. The topological polar surface area (TPSA) is 29.9 Å². The van der Waals surface area contributed by atoms with Crippen LogP contribution >= 0.6 is 0 Å². The molecule has 120 valence electrons. The van der Waals surface area contributed by atoms with Crippen LogP contribution in [0, 0.1) is 5.92 Å². The van der Waals surface area contributed by atoms with Crippen LogP contribution in [0.1, 0.15) is 70.2 Å². The second kappa shape index (κ2) is 8.57. The van der Waals surface area contributed by atoms with Gasteiger partial charge in [-0.05, 0) is 45.2 Å². The van der Waals surface area contributed by atoms with Crippen molar-refractivity contribution < 1.29 is 0 Å². The van der Waals surface area contributed by atoms with Crippen LogP contribution in [0.5, 0.6) is 0 Å². The first-order valence-electron chi connectivity index (χ1n) is 8.99. The number of aromatic nitrogens is 2. The van der Waals surface area contributed by atoms with Gasteiger partial charge in [0.05, 0.1) is 5.69 Å². The smallest absolute Gasteiger partial charge is 0.0624 e. The number of aryl methyl sites for hydroxylation is 2. The minimum atomic E-state index is 0.596. The molecular weight excluding hydrogens is 258 g/mol. The molecule has 0 aromatic carbocycles. The Morgan fingerprint density at radius 2 is 2.05 bits per heavy atom. The fraction of sp³-hybridized carbons (Fsp3) is 0.833. The zero-order valence-electron chi connectivity index (χ0n) is 14.2. The summed E-state index contributed by atoms with van der Waals surface area (Å²) < 4.78 is 2.18. The van der Waals surface area contributed by atoms with E-state index in [9.17, 15) is 0 Å². The van der Waals surface area contributed by atoms with Gasteiger partial charge in [-0.15, -0.1) is 0 Å². The van der Waals surface area contributed by atoms with E-state index in [0.717, 1.165) is 25.3 Å². The summed E-state index contributed by atoms with van der Waals surface area (Å²) in [6.45, 7) is 5.35. The Morgan fingerprint density at radius 1 is 1.29 bits per heavy atom. The van der Waals surface area contributed by atoms with Gasteiger partial charge in [0.2, 0.25) is 0 Å². The lowest BCUT2D eigenvalue weighted by Crippen LogP contribution is -2.29. The lowest BCUT2D eigenvalue weighted by Gasteiger charge is -2.24. The van der Waals surface area contributed by atoms with Crippen molar-refractivity contribution in [3.05, 3.63) is 17.5 Å². The molecule has 1 aliphatic rings. The molecule has 1 saturated carbocycles. The van der Waals surface area contributed by atoms with Crippen molar-refractivity contribution in [1.29, 1.82) is 0 Å². The molecular formula is C18H33N3. The molecule has 1 atom stereocenters. The van der Waals surface area contributed by atoms with Crippen LogP contribution in [-0.4, -0.2) is 22.9 Å². The standard InChI is InChI=1S/C18H33N3/c1-4-16-13-18(21(5-2)20-16)14-17(19-3)12-11-15-9-7-6-8-10-15/h13,15,17,19H,4-12,14H2,1-3H3. The average molecular weight is 291 g/mol. The zero-order valence-corrected chi connectivity index (χ0v) is 14.2. The predicted molar refractivity (Wildman–Crippen MR) is 89.6 cm³/mol. The normalized spacial score (nSPS) is 18.0. The molecule has 0 aliphatic heterocycles. The van der Waals surface area contributed by atoms with E-state index in [1.165, 1.54) is 56.3 Å².